The fourth-order valence-electron chi connectivity index (χ4n) is 3.72. The molecule has 2 heterocycles. The molecule has 1 saturated heterocycles. The van der Waals surface area contributed by atoms with Crippen molar-refractivity contribution in [3.63, 3.8) is 0 Å². The smallest absolute Gasteiger partial charge is 0.411 e. The van der Waals surface area contributed by atoms with Crippen molar-refractivity contribution < 1.29 is 9.53 Å². The fraction of sp³-hybridized carbons (Fsp3) is 0.556. The number of nitrogens with zero attached hydrogens (tertiary/aromatic N) is 2. The maximum atomic E-state index is 12.6. The van der Waals surface area contributed by atoms with Crippen LogP contribution in [0.4, 0.5) is 10.5 Å². The number of fused-ring (bicyclic) bond motifs is 2. The number of benzene rings is 1. The lowest BCUT2D eigenvalue weighted by molar-refractivity contribution is 0.0230. The summed E-state index contributed by atoms with van der Waals surface area (Å²) in [5.74, 6) is 0.630. The lowest BCUT2D eigenvalue weighted by atomic mass is 10.0. The number of rotatable bonds is 1. The van der Waals surface area contributed by atoms with Crippen molar-refractivity contribution in [3.8, 4) is 0 Å². The van der Waals surface area contributed by atoms with Crippen LogP contribution in [0, 0.1) is 5.92 Å². The number of ether oxygens (including phenoxy) is 1. The van der Waals surface area contributed by atoms with Crippen molar-refractivity contribution in [2.75, 3.05) is 0 Å². The molecule has 1 aromatic rings. The summed E-state index contributed by atoms with van der Waals surface area (Å²) in [4.78, 5) is 19.4. The highest BCUT2D eigenvalue weighted by Crippen LogP contribution is 2.49. The number of carbonyl (C=O) groups is 1. The summed E-state index contributed by atoms with van der Waals surface area (Å²) in [7, 11) is 0. The molecule has 3 atom stereocenters. The monoisotopic (exact) mass is 376 g/mol. The van der Waals surface area contributed by atoms with Gasteiger partial charge in [-0.1, -0.05) is 15.9 Å². The molecule has 1 aromatic carbocycles. The average Bonchev–Trinajstić information content (AvgIpc) is 2.92. The second-order valence-corrected chi connectivity index (χ2v) is 8.67. The lowest BCUT2D eigenvalue weighted by Gasteiger charge is -2.30. The van der Waals surface area contributed by atoms with Crippen LogP contribution in [0.15, 0.2) is 27.7 Å². The molecule has 1 amide bonds. The van der Waals surface area contributed by atoms with E-state index in [1.54, 1.807) is 0 Å². The van der Waals surface area contributed by atoms with E-state index in [9.17, 15) is 4.79 Å². The Bertz CT molecular complexity index is 707. The minimum atomic E-state index is -0.458. The Morgan fingerprint density at radius 1 is 1.35 bits per heavy atom. The van der Waals surface area contributed by atoms with Gasteiger partial charge < -0.3 is 4.74 Å². The number of amides is 1. The zero-order chi connectivity index (χ0) is 16.4. The van der Waals surface area contributed by atoms with Crippen LogP contribution in [0.5, 0.6) is 0 Å². The van der Waals surface area contributed by atoms with Crippen molar-refractivity contribution in [3.05, 3.63) is 28.2 Å². The van der Waals surface area contributed by atoms with Gasteiger partial charge in [0.1, 0.15) is 5.60 Å². The maximum Gasteiger partial charge on any atom is 0.411 e. The first kappa shape index (κ1) is 15.2. The molecule has 1 saturated carbocycles. The van der Waals surface area contributed by atoms with E-state index in [2.05, 4.69) is 22.0 Å². The maximum absolute atomic E-state index is 12.6. The standard InChI is InChI=1S/C18H21BrN2O2/c1-18(2,3)23-17(22)21-15-8-11(15)9-16(21)14-7-10-6-12(19)4-5-13(10)20-14/h4-6,11,15-16H,7-9H2,1-3H3. The molecule has 2 fully saturated rings. The molecule has 1 aliphatic carbocycles. The van der Waals surface area contributed by atoms with Crippen molar-refractivity contribution >= 4 is 33.4 Å². The highest BCUT2D eigenvalue weighted by Gasteiger charge is 2.56. The number of aliphatic imine (C=N–C) groups is 1. The molecule has 0 N–H and O–H groups in total. The summed E-state index contributed by atoms with van der Waals surface area (Å²) in [6.45, 7) is 5.75. The predicted molar refractivity (Wildman–Crippen MR) is 93.3 cm³/mol. The van der Waals surface area contributed by atoms with E-state index in [0.29, 0.717) is 12.0 Å². The molecule has 0 spiro atoms. The SMILES string of the molecule is CC(C)(C)OC(=O)N1C(C2=Nc3ccc(Br)cc3C2)CC2CC21. The highest BCUT2D eigenvalue weighted by molar-refractivity contribution is 9.10. The van der Waals surface area contributed by atoms with Crippen molar-refractivity contribution in [2.45, 2.75) is 57.7 Å². The Balaban J connectivity index is 1.56. The van der Waals surface area contributed by atoms with Crippen LogP contribution in [0.2, 0.25) is 0 Å². The van der Waals surface area contributed by atoms with E-state index in [1.807, 2.05) is 37.8 Å². The Morgan fingerprint density at radius 3 is 2.87 bits per heavy atom. The normalized spacial score (nSPS) is 28.3. The number of likely N-dealkylation sites (tertiary alicyclic amines) is 1. The Morgan fingerprint density at radius 2 is 2.13 bits per heavy atom. The van der Waals surface area contributed by atoms with Gasteiger partial charge in [0.05, 0.1) is 11.7 Å². The van der Waals surface area contributed by atoms with Gasteiger partial charge in [0, 0.05) is 22.6 Å². The van der Waals surface area contributed by atoms with E-state index in [0.717, 1.165) is 35.1 Å². The molecule has 0 bridgehead atoms. The molecule has 5 heteroatoms. The molecular weight excluding hydrogens is 356 g/mol. The Kier molecular flexibility index (Phi) is 3.34. The van der Waals surface area contributed by atoms with E-state index in [1.165, 1.54) is 5.56 Å². The van der Waals surface area contributed by atoms with Gasteiger partial charge in [0.15, 0.2) is 0 Å². The molecule has 2 aliphatic heterocycles. The molecule has 23 heavy (non-hydrogen) atoms. The number of piperidine rings is 1. The first-order valence-electron chi connectivity index (χ1n) is 8.19. The van der Waals surface area contributed by atoms with Gasteiger partial charge in [0.25, 0.3) is 0 Å². The Hall–Kier alpha value is -1.36. The topological polar surface area (TPSA) is 41.9 Å². The lowest BCUT2D eigenvalue weighted by Crippen LogP contribution is -2.45. The summed E-state index contributed by atoms with van der Waals surface area (Å²) in [5.41, 5.74) is 2.92. The molecule has 0 aromatic heterocycles. The zero-order valence-corrected chi connectivity index (χ0v) is 15.3. The van der Waals surface area contributed by atoms with Crippen LogP contribution >= 0.6 is 15.9 Å². The van der Waals surface area contributed by atoms with Gasteiger partial charge in [-0.2, -0.15) is 0 Å². The first-order valence-corrected chi connectivity index (χ1v) is 8.98. The van der Waals surface area contributed by atoms with Gasteiger partial charge >= 0.3 is 6.09 Å². The second-order valence-electron chi connectivity index (χ2n) is 7.76. The summed E-state index contributed by atoms with van der Waals surface area (Å²) in [6, 6.07) is 6.63. The summed E-state index contributed by atoms with van der Waals surface area (Å²) in [5, 5.41) is 0. The van der Waals surface area contributed by atoms with Crippen LogP contribution in [0.25, 0.3) is 0 Å². The molecular formula is C18H21BrN2O2. The van der Waals surface area contributed by atoms with Crippen LogP contribution < -0.4 is 0 Å². The third-order valence-corrected chi connectivity index (χ3v) is 5.26. The molecule has 3 unspecified atom stereocenters. The summed E-state index contributed by atoms with van der Waals surface area (Å²) < 4.78 is 6.70. The average molecular weight is 377 g/mol. The molecule has 122 valence electrons. The molecule has 4 nitrogen and oxygen atoms in total. The Labute approximate surface area is 145 Å². The summed E-state index contributed by atoms with van der Waals surface area (Å²) in [6.07, 6.45) is 2.78. The van der Waals surface area contributed by atoms with Crippen molar-refractivity contribution in [2.24, 2.45) is 10.9 Å². The largest absolute Gasteiger partial charge is 0.444 e. The molecule has 0 radical (unpaired) electrons. The second kappa shape index (κ2) is 5.07. The molecule has 4 rings (SSSR count). The van der Waals surface area contributed by atoms with Crippen LogP contribution in [0.3, 0.4) is 0 Å². The van der Waals surface area contributed by atoms with Crippen LogP contribution in [0.1, 0.15) is 39.2 Å². The van der Waals surface area contributed by atoms with E-state index >= 15 is 0 Å². The zero-order valence-electron chi connectivity index (χ0n) is 13.7. The predicted octanol–water partition coefficient (Wildman–Crippen LogP) is 4.48. The van der Waals surface area contributed by atoms with E-state index < -0.39 is 5.60 Å². The van der Waals surface area contributed by atoms with Gasteiger partial charge in [-0.15, -0.1) is 0 Å². The number of hydrogen-bond acceptors (Lipinski definition) is 3. The number of carbonyl (C=O) groups excluding carboxylic acids is 1. The van der Waals surface area contributed by atoms with Crippen molar-refractivity contribution in [1.29, 1.82) is 0 Å². The first-order chi connectivity index (χ1) is 10.8. The van der Waals surface area contributed by atoms with E-state index in [4.69, 9.17) is 9.73 Å². The van der Waals surface area contributed by atoms with Gasteiger partial charge in [-0.25, -0.2) is 4.79 Å². The number of hydrogen-bond donors (Lipinski definition) is 0. The third-order valence-electron chi connectivity index (χ3n) is 4.77. The highest BCUT2D eigenvalue weighted by atomic mass is 79.9. The van der Waals surface area contributed by atoms with Gasteiger partial charge in [-0.05, 0) is 63.3 Å². The van der Waals surface area contributed by atoms with Gasteiger partial charge in [0.2, 0.25) is 0 Å². The van der Waals surface area contributed by atoms with Crippen LogP contribution in [-0.4, -0.2) is 34.4 Å². The quantitative estimate of drug-likeness (QED) is 0.724. The number of halogens is 1. The van der Waals surface area contributed by atoms with Crippen LogP contribution in [-0.2, 0) is 11.2 Å². The molecule has 3 aliphatic rings. The fourth-order valence-corrected chi connectivity index (χ4v) is 4.13. The third kappa shape index (κ3) is 2.80. The van der Waals surface area contributed by atoms with Crippen molar-refractivity contribution in [1.82, 2.24) is 4.90 Å². The summed E-state index contributed by atoms with van der Waals surface area (Å²) >= 11 is 3.52. The minimum absolute atomic E-state index is 0.0970. The minimum Gasteiger partial charge on any atom is -0.444 e. The van der Waals surface area contributed by atoms with E-state index in [-0.39, 0.29) is 12.1 Å². The van der Waals surface area contributed by atoms with Gasteiger partial charge in [-0.3, -0.25) is 9.89 Å².